The van der Waals surface area contributed by atoms with Gasteiger partial charge in [-0.05, 0) is 24.7 Å². The molecular formula is C13H24O5. The summed E-state index contributed by atoms with van der Waals surface area (Å²) in [5, 5.41) is 28.2. The van der Waals surface area contributed by atoms with Crippen LogP contribution in [0.3, 0.4) is 0 Å². The highest BCUT2D eigenvalue weighted by Crippen LogP contribution is 2.34. The van der Waals surface area contributed by atoms with Crippen LogP contribution in [0, 0.1) is 11.8 Å². The van der Waals surface area contributed by atoms with Crippen molar-refractivity contribution in [1.82, 2.24) is 0 Å². The van der Waals surface area contributed by atoms with Crippen LogP contribution in [0.1, 0.15) is 32.6 Å². The molecule has 0 aromatic carbocycles. The minimum atomic E-state index is -1.05. The van der Waals surface area contributed by atoms with Crippen molar-refractivity contribution in [3.05, 3.63) is 0 Å². The Morgan fingerprint density at radius 2 is 2.00 bits per heavy atom. The second kappa shape index (κ2) is 5.84. The summed E-state index contributed by atoms with van der Waals surface area (Å²) in [6.45, 7) is 2.26. The number of aliphatic hydroxyl groups excluding tert-OH is 3. The lowest BCUT2D eigenvalue weighted by atomic mass is 10.0. The van der Waals surface area contributed by atoms with E-state index in [-0.39, 0.29) is 13.2 Å². The highest BCUT2D eigenvalue weighted by Gasteiger charge is 2.46. The molecule has 5 nitrogen and oxygen atoms in total. The van der Waals surface area contributed by atoms with Gasteiger partial charge in [0, 0.05) is 6.42 Å². The van der Waals surface area contributed by atoms with E-state index in [0.717, 1.165) is 5.92 Å². The zero-order chi connectivity index (χ0) is 13.2. The molecule has 1 heterocycles. The van der Waals surface area contributed by atoms with Gasteiger partial charge in [0.05, 0.1) is 19.8 Å². The molecule has 3 N–H and O–H groups in total. The summed E-state index contributed by atoms with van der Waals surface area (Å²) in [7, 11) is 0. The van der Waals surface area contributed by atoms with Crippen molar-refractivity contribution in [2.24, 2.45) is 11.8 Å². The van der Waals surface area contributed by atoms with E-state index in [9.17, 15) is 15.3 Å². The van der Waals surface area contributed by atoms with E-state index >= 15 is 0 Å². The van der Waals surface area contributed by atoms with Crippen molar-refractivity contribution < 1.29 is 24.8 Å². The van der Waals surface area contributed by atoms with Gasteiger partial charge in [-0.15, -0.1) is 0 Å². The first kappa shape index (κ1) is 14.2. The van der Waals surface area contributed by atoms with Gasteiger partial charge < -0.3 is 24.8 Å². The second-order valence-corrected chi connectivity index (χ2v) is 5.87. The lowest BCUT2D eigenvalue weighted by Crippen LogP contribution is -2.37. The van der Waals surface area contributed by atoms with Crippen LogP contribution in [0.4, 0.5) is 0 Å². The maximum Gasteiger partial charge on any atom is 0.182 e. The molecule has 1 saturated heterocycles. The molecule has 2 fully saturated rings. The van der Waals surface area contributed by atoms with Gasteiger partial charge in [0.25, 0.3) is 0 Å². The molecule has 106 valence electrons. The molecule has 2 rings (SSSR count). The van der Waals surface area contributed by atoms with Crippen LogP contribution in [-0.4, -0.2) is 53.1 Å². The van der Waals surface area contributed by atoms with Gasteiger partial charge in [0.15, 0.2) is 6.29 Å². The minimum Gasteiger partial charge on any atom is -0.393 e. The molecule has 18 heavy (non-hydrogen) atoms. The third kappa shape index (κ3) is 3.03. The maximum atomic E-state index is 9.74. The Morgan fingerprint density at radius 3 is 2.50 bits per heavy atom. The topological polar surface area (TPSA) is 79.2 Å². The standard InChI is InChI=1S/C13H24O5/c1-9-2-3-10(4-9)6-17-11-5-13(7-14,8-15)18-12(11)16/h9-12,14-16H,2-8H2,1H3/t9?,10?,11-,12+/m1/s1. The largest absolute Gasteiger partial charge is 0.393 e. The van der Waals surface area contributed by atoms with Crippen LogP contribution in [-0.2, 0) is 9.47 Å². The summed E-state index contributed by atoms with van der Waals surface area (Å²) >= 11 is 0. The van der Waals surface area contributed by atoms with Gasteiger partial charge in [-0.2, -0.15) is 0 Å². The third-order valence-corrected chi connectivity index (χ3v) is 4.19. The van der Waals surface area contributed by atoms with E-state index in [1.807, 2.05) is 0 Å². The van der Waals surface area contributed by atoms with Gasteiger partial charge in [0.2, 0.25) is 0 Å². The quantitative estimate of drug-likeness (QED) is 0.661. The van der Waals surface area contributed by atoms with Gasteiger partial charge >= 0.3 is 0 Å². The van der Waals surface area contributed by atoms with Gasteiger partial charge in [0.1, 0.15) is 11.7 Å². The molecule has 0 amide bonds. The lowest BCUT2D eigenvalue weighted by molar-refractivity contribution is -0.187. The normalized spacial score (nSPS) is 39.3. The summed E-state index contributed by atoms with van der Waals surface area (Å²) < 4.78 is 10.9. The molecule has 0 aromatic rings. The Bertz CT molecular complexity index is 266. The van der Waals surface area contributed by atoms with E-state index < -0.39 is 18.0 Å². The Morgan fingerprint density at radius 1 is 1.28 bits per heavy atom. The zero-order valence-corrected chi connectivity index (χ0v) is 10.9. The molecule has 0 spiro atoms. The fraction of sp³-hybridized carbons (Fsp3) is 1.00. The number of aliphatic hydroxyl groups is 3. The van der Waals surface area contributed by atoms with Crippen molar-refractivity contribution in [1.29, 1.82) is 0 Å². The molecule has 1 aliphatic heterocycles. The summed E-state index contributed by atoms with van der Waals surface area (Å²) in [4.78, 5) is 0. The minimum absolute atomic E-state index is 0.305. The van der Waals surface area contributed by atoms with E-state index in [1.54, 1.807) is 0 Å². The zero-order valence-electron chi connectivity index (χ0n) is 10.9. The SMILES string of the molecule is CC1CCC(CO[C@@H]2CC(CO)(CO)O[C@@H]2O)C1. The highest BCUT2D eigenvalue weighted by molar-refractivity contribution is 4.91. The molecule has 4 atom stereocenters. The number of ether oxygens (including phenoxy) is 2. The van der Waals surface area contributed by atoms with Crippen molar-refractivity contribution in [3.8, 4) is 0 Å². The van der Waals surface area contributed by atoms with E-state index in [0.29, 0.717) is 18.9 Å². The molecule has 0 bridgehead atoms. The smallest absolute Gasteiger partial charge is 0.182 e. The second-order valence-electron chi connectivity index (χ2n) is 5.87. The van der Waals surface area contributed by atoms with Gasteiger partial charge in [-0.3, -0.25) is 0 Å². The van der Waals surface area contributed by atoms with Crippen molar-refractivity contribution in [2.75, 3.05) is 19.8 Å². The first-order valence-corrected chi connectivity index (χ1v) is 6.78. The average Bonchev–Trinajstić information content (AvgIpc) is 2.91. The van der Waals surface area contributed by atoms with Crippen molar-refractivity contribution in [3.63, 3.8) is 0 Å². The van der Waals surface area contributed by atoms with Crippen molar-refractivity contribution >= 4 is 0 Å². The molecule has 0 radical (unpaired) electrons. The van der Waals surface area contributed by atoms with Crippen LogP contribution in [0.5, 0.6) is 0 Å². The Hall–Kier alpha value is -0.200. The van der Waals surface area contributed by atoms with Crippen LogP contribution in [0.25, 0.3) is 0 Å². The summed E-state index contributed by atoms with van der Waals surface area (Å²) in [6, 6.07) is 0. The molecule has 2 aliphatic rings. The number of hydrogen-bond donors (Lipinski definition) is 3. The van der Waals surface area contributed by atoms with Gasteiger partial charge in [-0.1, -0.05) is 13.3 Å². The first-order chi connectivity index (χ1) is 8.58. The third-order valence-electron chi connectivity index (χ3n) is 4.19. The predicted octanol–water partition coefficient (Wildman–Crippen LogP) is 0.270. The number of hydrogen-bond acceptors (Lipinski definition) is 5. The Labute approximate surface area is 108 Å². The summed E-state index contributed by atoms with van der Waals surface area (Å²) in [5.41, 5.74) is -1.05. The van der Waals surface area contributed by atoms with Crippen molar-refractivity contribution in [2.45, 2.75) is 50.6 Å². The lowest BCUT2D eigenvalue weighted by Gasteiger charge is -2.22. The molecule has 2 unspecified atom stereocenters. The molecule has 1 aliphatic carbocycles. The Kier molecular flexibility index (Phi) is 4.61. The fourth-order valence-corrected chi connectivity index (χ4v) is 2.98. The highest BCUT2D eigenvalue weighted by atomic mass is 16.7. The van der Waals surface area contributed by atoms with Crippen LogP contribution in [0.15, 0.2) is 0 Å². The van der Waals surface area contributed by atoms with E-state index in [4.69, 9.17) is 9.47 Å². The Balaban J connectivity index is 1.79. The maximum absolute atomic E-state index is 9.74. The molecule has 0 aromatic heterocycles. The summed E-state index contributed by atoms with van der Waals surface area (Å²) in [5.74, 6) is 1.32. The van der Waals surface area contributed by atoms with Crippen LogP contribution < -0.4 is 0 Å². The molecule has 5 heteroatoms. The first-order valence-electron chi connectivity index (χ1n) is 6.78. The van der Waals surface area contributed by atoms with Gasteiger partial charge in [-0.25, -0.2) is 0 Å². The monoisotopic (exact) mass is 260 g/mol. The summed E-state index contributed by atoms with van der Waals surface area (Å²) in [6.07, 6.45) is 2.44. The molecule has 1 saturated carbocycles. The average molecular weight is 260 g/mol. The van der Waals surface area contributed by atoms with Crippen LogP contribution >= 0.6 is 0 Å². The molecular weight excluding hydrogens is 236 g/mol. The van der Waals surface area contributed by atoms with E-state index in [2.05, 4.69) is 6.92 Å². The van der Waals surface area contributed by atoms with Crippen LogP contribution in [0.2, 0.25) is 0 Å². The van der Waals surface area contributed by atoms with E-state index in [1.165, 1.54) is 19.3 Å². The number of rotatable bonds is 5. The predicted molar refractivity (Wildman–Crippen MR) is 64.9 cm³/mol. The fourth-order valence-electron chi connectivity index (χ4n) is 2.98.